The highest BCUT2D eigenvalue weighted by molar-refractivity contribution is 6.31. The Kier molecular flexibility index (Phi) is 4.56. The molecule has 0 spiro atoms. The highest BCUT2D eigenvalue weighted by Crippen LogP contribution is 2.22. The first-order valence-electron chi connectivity index (χ1n) is 8.70. The lowest BCUT2D eigenvalue weighted by molar-refractivity contribution is -0.119. The Morgan fingerprint density at radius 3 is 2.66 bits per heavy atom. The van der Waals surface area contributed by atoms with Crippen molar-refractivity contribution in [3.05, 3.63) is 74.1 Å². The van der Waals surface area contributed by atoms with Crippen LogP contribution in [0.5, 0.6) is 5.88 Å². The van der Waals surface area contributed by atoms with Gasteiger partial charge in [0.15, 0.2) is 0 Å². The number of anilines is 1. The number of hydrogen-bond donors (Lipinski definition) is 3. The van der Waals surface area contributed by atoms with Crippen molar-refractivity contribution in [3.63, 3.8) is 0 Å². The van der Waals surface area contributed by atoms with Crippen LogP contribution in [0.4, 0.5) is 5.69 Å². The summed E-state index contributed by atoms with van der Waals surface area (Å²) in [6, 6.07) is 12.2. The van der Waals surface area contributed by atoms with Gasteiger partial charge in [0, 0.05) is 16.1 Å². The van der Waals surface area contributed by atoms with Gasteiger partial charge >= 0.3 is 0 Å². The van der Waals surface area contributed by atoms with E-state index in [0.717, 1.165) is 4.68 Å². The molecule has 0 radical (unpaired) electrons. The van der Waals surface area contributed by atoms with E-state index in [9.17, 15) is 19.5 Å². The van der Waals surface area contributed by atoms with E-state index < -0.39 is 28.8 Å². The topological polar surface area (TPSA) is 117 Å². The third-order valence-corrected chi connectivity index (χ3v) is 4.83. The molecule has 2 aromatic carbocycles. The molecular formula is C20H15ClN4O4. The van der Waals surface area contributed by atoms with E-state index in [1.54, 1.807) is 30.3 Å². The summed E-state index contributed by atoms with van der Waals surface area (Å²) in [7, 11) is 0. The number of benzene rings is 2. The Labute approximate surface area is 168 Å². The molecule has 2 heterocycles. The SMILES string of the molecule is CC(C(=O)Nc1ccccc1)n1nc(O)c2[nH]c3cc(Cl)ccc3c(=O)c2c1=O. The van der Waals surface area contributed by atoms with Gasteiger partial charge in [0.1, 0.15) is 16.9 Å². The van der Waals surface area contributed by atoms with Crippen LogP contribution in [0, 0.1) is 0 Å². The second-order valence-electron chi connectivity index (χ2n) is 6.50. The molecule has 29 heavy (non-hydrogen) atoms. The van der Waals surface area contributed by atoms with Gasteiger partial charge in [-0.05, 0) is 37.3 Å². The van der Waals surface area contributed by atoms with Crippen LogP contribution in [0.1, 0.15) is 13.0 Å². The van der Waals surface area contributed by atoms with Gasteiger partial charge in [-0.25, -0.2) is 4.68 Å². The monoisotopic (exact) mass is 410 g/mol. The number of halogens is 1. The first-order chi connectivity index (χ1) is 13.9. The number of rotatable bonds is 3. The molecule has 0 fully saturated rings. The summed E-state index contributed by atoms with van der Waals surface area (Å²) in [5.41, 5.74) is -0.576. The summed E-state index contributed by atoms with van der Waals surface area (Å²) in [6.07, 6.45) is 0. The fourth-order valence-electron chi connectivity index (χ4n) is 3.09. The molecular weight excluding hydrogens is 396 g/mol. The molecule has 8 nitrogen and oxygen atoms in total. The van der Waals surface area contributed by atoms with Crippen molar-refractivity contribution in [2.45, 2.75) is 13.0 Å². The summed E-state index contributed by atoms with van der Waals surface area (Å²) in [4.78, 5) is 41.2. The molecule has 1 unspecified atom stereocenters. The van der Waals surface area contributed by atoms with E-state index in [0.29, 0.717) is 16.2 Å². The summed E-state index contributed by atoms with van der Waals surface area (Å²) in [5, 5.41) is 17.2. The summed E-state index contributed by atoms with van der Waals surface area (Å²) >= 11 is 5.95. The highest BCUT2D eigenvalue weighted by atomic mass is 35.5. The zero-order chi connectivity index (χ0) is 20.7. The zero-order valence-corrected chi connectivity index (χ0v) is 15.9. The van der Waals surface area contributed by atoms with Gasteiger partial charge < -0.3 is 15.4 Å². The molecule has 0 bridgehead atoms. The van der Waals surface area contributed by atoms with Crippen LogP contribution in [0.3, 0.4) is 0 Å². The van der Waals surface area contributed by atoms with Crippen molar-refractivity contribution >= 4 is 45.0 Å². The van der Waals surface area contributed by atoms with E-state index in [4.69, 9.17) is 11.6 Å². The molecule has 9 heteroatoms. The minimum atomic E-state index is -1.07. The second kappa shape index (κ2) is 7.06. The number of amides is 1. The van der Waals surface area contributed by atoms with Gasteiger partial charge in [-0.1, -0.05) is 29.8 Å². The third kappa shape index (κ3) is 3.23. The number of aromatic amines is 1. The maximum absolute atomic E-state index is 13.0. The molecule has 0 aliphatic rings. The molecule has 4 rings (SSSR count). The molecule has 0 aliphatic carbocycles. The zero-order valence-electron chi connectivity index (χ0n) is 15.1. The van der Waals surface area contributed by atoms with Crippen LogP contribution in [0.25, 0.3) is 21.8 Å². The molecule has 0 saturated heterocycles. The molecule has 1 atom stereocenters. The maximum atomic E-state index is 13.0. The highest BCUT2D eigenvalue weighted by Gasteiger charge is 2.23. The number of carbonyl (C=O) groups is 1. The molecule has 0 aliphatic heterocycles. The molecule has 4 aromatic rings. The number of hydrogen-bond acceptors (Lipinski definition) is 5. The predicted octanol–water partition coefficient (Wildman–Crippen LogP) is 2.80. The van der Waals surface area contributed by atoms with Crippen molar-refractivity contribution in [1.82, 2.24) is 14.8 Å². The Bertz CT molecular complexity index is 1380. The minimum absolute atomic E-state index is 0.110. The summed E-state index contributed by atoms with van der Waals surface area (Å²) < 4.78 is 0.799. The Hall–Kier alpha value is -3.65. The van der Waals surface area contributed by atoms with Crippen LogP contribution in [0.2, 0.25) is 5.02 Å². The Morgan fingerprint density at radius 1 is 1.21 bits per heavy atom. The minimum Gasteiger partial charge on any atom is -0.491 e. The molecule has 2 aromatic heterocycles. The van der Waals surface area contributed by atoms with E-state index in [-0.39, 0.29) is 16.3 Å². The lowest BCUT2D eigenvalue weighted by Crippen LogP contribution is -2.35. The van der Waals surface area contributed by atoms with Crippen molar-refractivity contribution in [2.75, 3.05) is 5.32 Å². The van der Waals surface area contributed by atoms with Gasteiger partial charge in [-0.3, -0.25) is 14.4 Å². The normalized spacial score (nSPS) is 12.2. The van der Waals surface area contributed by atoms with Crippen molar-refractivity contribution in [2.24, 2.45) is 0 Å². The number of para-hydroxylation sites is 1. The van der Waals surface area contributed by atoms with Crippen molar-refractivity contribution in [1.29, 1.82) is 0 Å². The first kappa shape index (κ1) is 18.7. The molecule has 1 amide bonds. The van der Waals surface area contributed by atoms with Gasteiger partial charge in [-0.2, -0.15) is 0 Å². The number of nitrogens with one attached hydrogen (secondary N) is 2. The van der Waals surface area contributed by atoms with E-state index in [1.807, 2.05) is 0 Å². The molecule has 146 valence electrons. The van der Waals surface area contributed by atoms with Crippen LogP contribution in [0.15, 0.2) is 58.1 Å². The molecule has 3 N–H and O–H groups in total. The van der Waals surface area contributed by atoms with Gasteiger partial charge in [-0.15, -0.1) is 5.10 Å². The van der Waals surface area contributed by atoms with Gasteiger partial charge in [0.25, 0.3) is 11.4 Å². The van der Waals surface area contributed by atoms with E-state index >= 15 is 0 Å². The quantitative estimate of drug-likeness (QED) is 0.449. The lowest BCUT2D eigenvalue weighted by Gasteiger charge is -2.15. The van der Waals surface area contributed by atoms with Crippen LogP contribution >= 0.6 is 11.6 Å². The first-order valence-corrected chi connectivity index (χ1v) is 9.07. The van der Waals surface area contributed by atoms with Crippen molar-refractivity contribution in [3.8, 4) is 5.88 Å². The fraction of sp³-hybridized carbons (Fsp3) is 0.100. The van der Waals surface area contributed by atoms with Crippen LogP contribution in [-0.4, -0.2) is 25.8 Å². The number of H-pyrrole nitrogens is 1. The Balaban J connectivity index is 1.87. The van der Waals surface area contributed by atoms with Gasteiger partial charge in [0.05, 0.1) is 5.52 Å². The second-order valence-corrected chi connectivity index (χ2v) is 6.94. The average molecular weight is 411 g/mol. The number of pyridine rings is 1. The van der Waals surface area contributed by atoms with E-state index in [2.05, 4.69) is 15.4 Å². The smallest absolute Gasteiger partial charge is 0.281 e. The van der Waals surface area contributed by atoms with Gasteiger partial charge in [0.2, 0.25) is 11.3 Å². The number of aromatic nitrogens is 3. The largest absolute Gasteiger partial charge is 0.491 e. The summed E-state index contributed by atoms with van der Waals surface area (Å²) in [6.45, 7) is 1.45. The lowest BCUT2D eigenvalue weighted by atomic mass is 10.1. The van der Waals surface area contributed by atoms with Crippen molar-refractivity contribution < 1.29 is 9.90 Å². The predicted molar refractivity (Wildman–Crippen MR) is 111 cm³/mol. The number of nitrogens with zero attached hydrogens (tertiary/aromatic N) is 2. The number of carbonyl (C=O) groups excluding carboxylic acids is 1. The Morgan fingerprint density at radius 2 is 1.93 bits per heavy atom. The maximum Gasteiger partial charge on any atom is 0.281 e. The summed E-state index contributed by atoms with van der Waals surface area (Å²) in [5.74, 6) is -1.09. The van der Waals surface area contributed by atoms with Crippen LogP contribution in [-0.2, 0) is 4.79 Å². The average Bonchev–Trinajstić information content (AvgIpc) is 2.70. The standard InChI is InChI=1S/C20H15ClN4O4/c1-10(18(27)22-12-5-3-2-4-6-12)25-20(29)15-16(19(28)24-25)23-14-9-11(21)7-8-13(14)17(15)26/h2-10H,1H3,(H,22,27)(H,23,26)(H,24,28). The number of fused-ring (bicyclic) bond motifs is 2. The molecule has 0 saturated carbocycles. The van der Waals surface area contributed by atoms with Crippen LogP contribution < -0.4 is 16.3 Å². The fourth-order valence-corrected chi connectivity index (χ4v) is 3.26. The third-order valence-electron chi connectivity index (χ3n) is 4.60. The van der Waals surface area contributed by atoms with E-state index in [1.165, 1.54) is 25.1 Å². The number of aromatic hydroxyl groups is 1.